The predicted molar refractivity (Wildman–Crippen MR) is 64.3 cm³/mol. The highest BCUT2D eigenvalue weighted by Crippen LogP contribution is 2.24. The Kier molecular flexibility index (Phi) is 2.17. The van der Waals surface area contributed by atoms with Crippen molar-refractivity contribution in [2.75, 3.05) is 5.73 Å². The number of aromatic amines is 1. The third-order valence-corrected chi connectivity index (χ3v) is 3.21. The first-order valence-corrected chi connectivity index (χ1v) is 5.72. The summed E-state index contributed by atoms with van der Waals surface area (Å²) >= 11 is 0. The summed E-state index contributed by atoms with van der Waals surface area (Å²) in [5.74, 6) is 0. The summed E-state index contributed by atoms with van der Waals surface area (Å²) in [5.41, 5.74) is 11.8. The second-order valence-electron chi connectivity index (χ2n) is 4.40. The lowest BCUT2D eigenvalue weighted by Crippen LogP contribution is -1.94. The Labute approximate surface area is 94.7 Å². The third kappa shape index (κ3) is 1.58. The molecule has 0 spiro atoms. The molecule has 0 bridgehead atoms. The molecule has 3 rings (SSSR count). The zero-order valence-corrected chi connectivity index (χ0v) is 9.16. The van der Waals surface area contributed by atoms with Crippen LogP contribution in [0, 0.1) is 0 Å². The monoisotopic (exact) mass is 213 g/mol. The van der Waals surface area contributed by atoms with Crippen LogP contribution in [0.2, 0.25) is 0 Å². The molecule has 3 nitrogen and oxygen atoms in total. The van der Waals surface area contributed by atoms with Crippen molar-refractivity contribution in [3.05, 3.63) is 46.8 Å². The van der Waals surface area contributed by atoms with Gasteiger partial charge in [0.15, 0.2) is 0 Å². The van der Waals surface area contributed by atoms with Crippen LogP contribution in [0.15, 0.2) is 24.3 Å². The number of anilines is 1. The SMILES string of the molecule is Nc1cccc(Cc2n[nH]c3c2CCC3)c1. The number of aryl methyl sites for hydroxylation is 1. The summed E-state index contributed by atoms with van der Waals surface area (Å²) in [6.45, 7) is 0. The number of aromatic nitrogens is 2. The maximum atomic E-state index is 5.77. The van der Waals surface area contributed by atoms with Crippen molar-refractivity contribution in [2.45, 2.75) is 25.7 Å². The zero-order chi connectivity index (χ0) is 11.0. The first-order valence-electron chi connectivity index (χ1n) is 5.72. The Morgan fingerprint density at radius 1 is 1.31 bits per heavy atom. The van der Waals surface area contributed by atoms with E-state index in [1.165, 1.54) is 35.4 Å². The minimum Gasteiger partial charge on any atom is -0.399 e. The Hall–Kier alpha value is -1.77. The number of nitrogens with zero attached hydrogens (tertiary/aromatic N) is 1. The third-order valence-electron chi connectivity index (χ3n) is 3.21. The van der Waals surface area contributed by atoms with Gasteiger partial charge < -0.3 is 5.73 Å². The van der Waals surface area contributed by atoms with Gasteiger partial charge in [-0.3, -0.25) is 5.10 Å². The lowest BCUT2D eigenvalue weighted by atomic mass is 10.1. The number of nitrogens with two attached hydrogens (primary N) is 1. The summed E-state index contributed by atoms with van der Waals surface area (Å²) in [6, 6.07) is 8.04. The predicted octanol–water partition coefficient (Wildman–Crippen LogP) is 2.07. The number of benzene rings is 1. The molecule has 0 atom stereocenters. The van der Waals surface area contributed by atoms with E-state index in [1.54, 1.807) is 0 Å². The molecule has 1 heterocycles. The maximum absolute atomic E-state index is 5.77. The first kappa shape index (κ1) is 9.46. The molecule has 3 N–H and O–H groups in total. The Morgan fingerprint density at radius 3 is 3.12 bits per heavy atom. The molecule has 2 aromatic rings. The number of H-pyrrole nitrogens is 1. The number of hydrogen-bond acceptors (Lipinski definition) is 2. The van der Waals surface area contributed by atoms with E-state index < -0.39 is 0 Å². The molecule has 16 heavy (non-hydrogen) atoms. The summed E-state index contributed by atoms with van der Waals surface area (Å²) in [4.78, 5) is 0. The molecule has 0 amide bonds. The van der Waals surface area contributed by atoms with Crippen LogP contribution < -0.4 is 5.73 Å². The topological polar surface area (TPSA) is 54.7 Å². The number of nitrogen functional groups attached to an aromatic ring is 1. The lowest BCUT2D eigenvalue weighted by Gasteiger charge is -2.01. The number of hydrogen-bond donors (Lipinski definition) is 2. The molecule has 1 aromatic heterocycles. The van der Waals surface area contributed by atoms with Crippen LogP contribution in [0.5, 0.6) is 0 Å². The van der Waals surface area contributed by atoms with Gasteiger partial charge in [-0.2, -0.15) is 5.10 Å². The standard InChI is InChI=1S/C13H15N3/c14-10-4-1-3-9(7-10)8-13-11-5-2-6-12(11)15-16-13/h1,3-4,7H,2,5-6,8,14H2,(H,15,16). The molecule has 1 aliphatic rings. The molecule has 0 unspecified atom stereocenters. The van der Waals surface area contributed by atoms with E-state index in [2.05, 4.69) is 16.3 Å². The molecule has 3 heteroatoms. The van der Waals surface area contributed by atoms with Crippen LogP contribution in [0.4, 0.5) is 5.69 Å². The number of rotatable bonds is 2. The number of nitrogens with one attached hydrogen (secondary N) is 1. The second-order valence-corrected chi connectivity index (χ2v) is 4.40. The molecule has 0 radical (unpaired) electrons. The van der Waals surface area contributed by atoms with Gasteiger partial charge in [-0.1, -0.05) is 12.1 Å². The van der Waals surface area contributed by atoms with Crippen molar-refractivity contribution in [3.8, 4) is 0 Å². The van der Waals surface area contributed by atoms with E-state index in [4.69, 9.17) is 5.73 Å². The van der Waals surface area contributed by atoms with Crippen LogP contribution >= 0.6 is 0 Å². The molecular weight excluding hydrogens is 198 g/mol. The van der Waals surface area contributed by atoms with E-state index in [0.717, 1.165) is 18.5 Å². The summed E-state index contributed by atoms with van der Waals surface area (Å²) in [7, 11) is 0. The highest BCUT2D eigenvalue weighted by Gasteiger charge is 2.18. The quantitative estimate of drug-likeness (QED) is 0.750. The van der Waals surface area contributed by atoms with Gasteiger partial charge in [-0.15, -0.1) is 0 Å². The van der Waals surface area contributed by atoms with Crippen LogP contribution in [-0.4, -0.2) is 10.2 Å². The van der Waals surface area contributed by atoms with Crippen LogP contribution in [0.25, 0.3) is 0 Å². The van der Waals surface area contributed by atoms with E-state index in [1.807, 2.05) is 18.2 Å². The first-order chi connectivity index (χ1) is 7.83. The highest BCUT2D eigenvalue weighted by molar-refractivity contribution is 5.42. The molecule has 0 saturated heterocycles. The minimum absolute atomic E-state index is 0.824. The molecule has 1 aromatic carbocycles. The smallest absolute Gasteiger partial charge is 0.0700 e. The van der Waals surface area contributed by atoms with Gasteiger partial charge in [-0.25, -0.2) is 0 Å². The Morgan fingerprint density at radius 2 is 2.25 bits per heavy atom. The maximum Gasteiger partial charge on any atom is 0.0700 e. The van der Waals surface area contributed by atoms with E-state index >= 15 is 0 Å². The largest absolute Gasteiger partial charge is 0.399 e. The van der Waals surface area contributed by atoms with Gasteiger partial charge in [0.25, 0.3) is 0 Å². The van der Waals surface area contributed by atoms with Crippen molar-refractivity contribution < 1.29 is 0 Å². The van der Waals surface area contributed by atoms with Crippen molar-refractivity contribution in [1.29, 1.82) is 0 Å². The number of fused-ring (bicyclic) bond motifs is 1. The molecule has 0 aliphatic heterocycles. The van der Waals surface area contributed by atoms with Gasteiger partial charge in [0.2, 0.25) is 0 Å². The fourth-order valence-corrected chi connectivity index (χ4v) is 2.43. The van der Waals surface area contributed by atoms with E-state index in [9.17, 15) is 0 Å². The van der Waals surface area contributed by atoms with E-state index in [0.29, 0.717) is 0 Å². The van der Waals surface area contributed by atoms with E-state index in [-0.39, 0.29) is 0 Å². The molecule has 82 valence electrons. The highest BCUT2D eigenvalue weighted by atomic mass is 15.1. The lowest BCUT2D eigenvalue weighted by molar-refractivity contribution is 0.844. The summed E-state index contributed by atoms with van der Waals surface area (Å²) in [6.07, 6.45) is 4.47. The van der Waals surface area contributed by atoms with Crippen LogP contribution in [0.1, 0.15) is 28.9 Å². The van der Waals surface area contributed by atoms with Gasteiger partial charge in [0, 0.05) is 17.8 Å². The summed E-state index contributed by atoms with van der Waals surface area (Å²) in [5, 5.41) is 7.54. The van der Waals surface area contributed by atoms with Gasteiger partial charge in [0.05, 0.1) is 5.69 Å². The average molecular weight is 213 g/mol. The molecule has 1 aliphatic carbocycles. The van der Waals surface area contributed by atoms with Crippen molar-refractivity contribution in [3.63, 3.8) is 0 Å². The Bertz CT molecular complexity index is 514. The minimum atomic E-state index is 0.824. The average Bonchev–Trinajstić information content (AvgIpc) is 2.83. The molecule has 0 saturated carbocycles. The molecular formula is C13H15N3. The van der Waals surface area contributed by atoms with Crippen LogP contribution in [-0.2, 0) is 19.3 Å². The fourth-order valence-electron chi connectivity index (χ4n) is 2.43. The van der Waals surface area contributed by atoms with Gasteiger partial charge in [-0.05, 0) is 42.5 Å². The van der Waals surface area contributed by atoms with Crippen LogP contribution in [0.3, 0.4) is 0 Å². The Balaban J connectivity index is 1.89. The van der Waals surface area contributed by atoms with Crippen molar-refractivity contribution in [2.24, 2.45) is 0 Å². The van der Waals surface area contributed by atoms with Gasteiger partial charge in [0.1, 0.15) is 0 Å². The van der Waals surface area contributed by atoms with Gasteiger partial charge >= 0.3 is 0 Å². The zero-order valence-electron chi connectivity index (χ0n) is 9.16. The van der Waals surface area contributed by atoms with Crippen molar-refractivity contribution >= 4 is 5.69 Å². The summed E-state index contributed by atoms with van der Waals surface area (Å²) < 4.78 is 0. The second kappa shape index (κ2) is 3.67. The fraction of sp³-hybridized carbons (Fsp3) is 0.308. The molecule has 0 fully saturated rings. The van der Waals surface area contributed by atoms with Crippen molar-refractivity contribution in [1.82, 2.24) is 10.2 Å². The normalized spacial score (nSPS) is 14.0.